The van der Waals surface area contributed by atoms with Gasteiger partial charge in [0.1, 0.15) is 0 Å². The maximum atomic E-state index is 11.5. The van der Waals surface area contributed by atoms with Gasteiger partial charge >= 0.3 is 5.97 Å². The standard InChI is InChI=1S/C18H24BrN3O2/c1-4-18(5-2,17(23)24)12-20-10-14-11-22(21-13(14)3)16-8-6-15(19)7-9-16/h6-9,11,20H,4-5,10,12H2,1-3H3,(H,23,24). The van der Waals surface area contributed by atoms with E-state index >= 15 is 0 Å². The first-order valence-electron chi connectivity index (χ1n) is 8.17. The molecule has 2 rings (SSSR count). The number of nitrogens with zero attached hydrogens (tertiary/aromatic N) is 2. The predicted octanol–water partition coefficient (Wildman–Crippen LogP) is 3.92. The van der Waals surface area contributed by atoms with Crippen LogP contribution < -0.4 is 5.32 Å². The normalized spacial score (nSPS) is 11.7. The minimum absolute atomic E-state index is 0.457. The van der Waals surface area contributed by atoms with Crippen LogP contribution in [-0.2, 0) is 11.3 Å². The molecule has 0 saturated carbocycles. The predicted molar refractivity (Wildman–Crippen MR) is 98.4 cm³/mol. The summed E-state index contributed by atoms with van der Waals surface area (Å²) >= 11 is 3.43. The van der Waals surface area contributed by atoms with Gasteiger partial charge in [-0.3, -0.25) is 4.79 Å². The summed E-state index contributed by atoms with van der Waals surface area (Å²) < 4.78 is 2.88. The SMILES string of the molecule is CCC(CC)(CNCc1cn(-c2ccc(Br)cc2)nc1C)C(=O)O. The van der Waals surface area contributed by atoms with E-state index in [1.807, 2.05) is 55.9 Å². The molecule has 6 heteroatoms. The zero-order valence-corrected chi connectivity index (χ0v) is 15.9. The summed E-state index contributed by atoms with van der Waals surface area (Å²) in [4.78, 5) is 11.5. The summed E-state index contributed by atoms with van der Waals surface area (Å²) in [5, 5.41) is 17.3. The van der Waals surface area contributed by atoms with Crippen LogP contribution in [-0.4, -0.2) is 27.4 Å². The average molecular weight is 394 g/mol. The molecule has 1 heterocycles. The van der Waals surface area contributed by atoms with Crippen LogP contribution in [0.3, 0.4) is 0 Å². The molecule has 0 radical (unpaired) electrons. The summed E-state index contributed by atoms with van der Waals surface area (Å²) in [5.41, 5.74) is 2.31. The third kappa shape index (κ3) is 4.05. The molecule has 1 aromatic carbocycles. The lowest BCUT2D eigenvalue weighted by molar-refractivity contribution is -0.149. The van der Waals surface area contributed by atoms with E-state index in [0.29, 0.717) is 25.9 Å². The molecule has 0 fully saturated rings. The van der Waals surface area contributed by atoms with E-state index in [9.17, 15) is 9.90 Å². The average Bonchev–Trinajstić information content (AvgIpc) is 2.93. The van der Waals surface area contributed by atoms with Gasteiger partial charge in [0.15, 0.2) is 0 Å². The van der Waals surface area contributed by atoms with Crippen molar-refractivity contribution in [2.45, 2.75) is 40.2 Å². The largest absolute Gasteiger partial charge is 0.481 e. The van der Waals surface area contributed by atoms with Gasteiger partial charge < -0.3 is 10.4 Å². The molecule has 0 aliphatic heterocycles. The number of aromatic nitrogens is 2. The van der Waals surface area contributed by atoms with Crippen molar-refractivity contribution < 1.29 is 9.90 Å². The fourth-order valence-corrected chi connectivity index (χ4v) is 2.97. The van der Waals surface area contributed by atoms with Gasteiger partial charge in [-0.15, -0.1) is 0 Å². The summed E-state index contributed by atoms with van der Waals surface area (Å²) in [6.45, 7) is 6.89. The van der Waals surface area contributed by atoms with E-state index in [4.69, 9.17) is 0 Å². The molecule has 5 nitrogen and oxygen atoms in total. The van der Waals surface area contributed by atoms with Crippen LogP contribution in [0.1, 0.15) is 37.9 Å². The highest BCUT2D eigenvalue weighted by atomic mass is 79.9. The number of carbonyl (C=O) groups is 1. The minimum Gasteiger partial charge on any atom is -0.481 e. The molecular weight excluding hydrogens is 370 g/mol. The van der Waals surface area contributed by atoms with Crippen LogP contribution in [0.5, 0.6) is 0 Å². The second-order valence-electron chi connectivity index (χ2n) is 6.06. The fraction of sp³-hybridized carbons (Fsp3) is 0.444. The molecule has 0 unspecified atom stereocenters. The van der Waals surface area contributed by atoms with Gasteiger partial charge in [0.2, 0.25) is 0 Å². The first kappa shape index (κ1) is 18.7. The topological polar surface area (TPSA) is 67.2 Å². The van der Waals surface area contributed by atoms with Gasteiger partial charge in [-0.1, -0.05) is 29.8 Å². The summed E-state index contributed by atoms with van der Waals surface area (Å²) in [7, 11) is 0. The molecule has 2 aromatic rings. The molecule has 2 N–H and O–H groups in total. The Balaban J connectivity index is 2.06. The lowest BCUT2D eigenvalue weighted by Gasteiger charge is -2.26. The Bertz CT molecular complexity index is 691. The third-order valence-corrected chi connectivity index (χ3v) is 5.21. The molecule has 1 aromatic heterocycles. The van der Waals surface area contributed by atoms with Gasteiger partial charge in [0.05, 0.1) is 16.8 Å². The van der Waals surface area contributed by atoms with Gasteiger partial charge in [0, 0.05) is 29.3 Å². The molecule has 130 valence electrons. The maximum absolute atomic E-state index is 11.5. The molecule has 0 spiro atoms. The van der Waals surface area contributed by atoms with Crippen molar-refractivity contribution in [1.29, 1.82) is 0 Å². The monoisotopic (exact) mass is 393 g/mol. The fourth-order valence-electron chi connectivity index (χ4n) is 2.71. The van der Waals surface area contributed by atoms with Crippen molar-refractivity contribution in [3.05, 3.63) is 46.2 Å². The van der Waals surface area contributed by atoms with Gasteiger partial charge in [-0.25, -0.2) is 4.68 Å². The van der Waals surface area contributed by atoms with E-state index in [2.05, 4.69) is 26.3 Å². The number of carboxylic acids is 1. The highest BCUT2D eigenvalue weighted by Gasteiger charge is 2.34. The smallest absolute Gasteiger partial charge is 0.310 e. The number of halogens is 1. The van der Waals surface area contributed by atoms with Crippen molar-refractivity contribution in [2.24, 2.45) is 5.41 Å². The van der Waals surface area contributed by atoms with Crippen molar-refractivity contribution in [3.63, 3.8) is 0 Å². The molecule has 0 amide bonds. The highest BCUT2D eigenvalue weighted by molar-refractivity contribution is 9.10. The molecule has 24 heavy (non-hydrogen) atoms. The van der Waals surface area contributed by atoms with E-state index in [1.165, 1.54) is 0 Å². The van der Waals surface area contributed by atoms with Crippen molar-refractivity contribution in [2.75, 3.05) is 6.54 Å². The molecule has 0 aliphatic rings. The Labute approximate surface area is 151 Å². The Hall–Kier alpha value is -1.66. The van der Waals surface area contributed by atoms with E-state index in [-0.39, 0.29) is 0 Å². The Morgan fingerprint density at radius 3 is 2.46 bits per heavy atom. The molecule has 0 aliphatic carbocycles. The Morgan fingerprint density at radius 1 is 1.29 bits per heavy atom. The van der Waals surface area contributed by atoms with Crippen LogP contribution in [0.25, 0.3) is 5.69 Å². The zero-order chi connectivity index (χ0) is 17.7. The Morgan fingerprint density at radius 2 is 1.92 bits per heavy atom. The first-order valence-corrected chi connectivity index (χ1v) is 8.96. The molecular formula is C18H24BrN3O2. The third-order valence-electron chi connectivity index (χ3n) is 4.68. The Kier molecular flexibility index (Phi) is 6.18. The molecule has 0 saturated heterocycles. The number of benzene rings is 1. The van der Waals surface area contributed by atoms with Gasteiger partial charge in [-0.05, 0) is 44.0 Å². The second-order valence-corrected chi connectivity index (χ2v) is 6.97. The number of aryl methyl sites for hydroxylation is 1. The first-order chi connectivity index (χ1) is 11.4. The highest BCUT2D eigenvalue weighted by Crippen LogP contribution is 2.26. The van der Waals surface area contributed by atoms with E-state index in [1.54, 1.807) is 0 Å². The zero-order valence-electron chi connectivity index (χ0n) is 14.3. The number of aliphatic carboxylic acids is 1. The van der Waals surface area contributed by atoms with Crippen LogP contribution in [0.15, 0.2) is 34.9 Å². The summed E-state index contributed by atoms with van der Waals surface area (Å²) in [6.07, 6.45) is 3.22. The van der Waals surface area contributed by atoms with E-state index in [0.717, 1.165) is 21.4 Å². The van der Waals surface area contributed by atoms with Crippen molar-refractivity contribution in [1.82, 2.24) is 15.1 Å². The number of nitrogens with one attached hydrogen (secondary N) is 1. The van der Waals surface area contributed by atoms with Crippen LogP contribution in [0.4, 0.5) is 0 Å². The van der Waals surface area contributed by atoms with Crippen LogP contribution >= 0.6 is 15.9 Å². The van der Waals surface area contributed by atoms with Crippen molar-refractivity contribution in [3.8, 4) is 5.69 Å². The summed E-state index contributed by atoms with van der Waals surface area (Å²) in [5.74, 6) is -0.734. The quantitative estimate of drug-likeness (QED) is 0.712. The minimum atomic E-state index is -0.734. The lowest BCUT2D eigenvalue weighted by Crippen LogP contribution is -2.40. The molecule has 0 atom stereocenters. The maximum Gasteiger partial charge on any atom is 0.310 e. The lowest BCUT2D eigenvalue weighted by atomic mass is 9.82. The second kappa shape index (κ2) is 7.94. The molecule has 0 bridgehead atoms. The van der Waals surface area contributed by atoms with Gasteiger partial charge in [-0.2, -0.15) is 5.10 Å². The van der Waals surface area contributed by atoms with Crippen molar-refractivity contribution >= 4 is 21.9 Å². The summed E-state index contributed by atoms with van der Waals surface area (Å²) in [6, 6.07) is 7.96. The number of rotatable bonds is 8. The van der Waals surface area contributed by atoms with Crippen LogP contribution in [0, 0.1) is 12.3 Å². The van der Waals surface area contributed by atoms with E-state index < -0.39 is 11.4 Å². The number of hydrogen-bond acceptors (Lipinski definition) is 3. The number of carboxylic acid groups (broad SMARTS) is 1. The van der Waals surface area contributed by atoms with Crippen LogP contribution in [0.2, 0.25) is 0 Å². The van der Waals surface area contributed by atoms with Gasteiger partial charge in [0.25, 0.3) is 0 Å². The number of hydrogen-bond donors (Lipinski definition) is 2.